The van der Waals surface area contributed by atoms with Crippen LogP contribution in [-0.4, -0.2) is 10.2 Å². The van der Waals surface area contributed by atoms with Gasteiger partial charge in [-0.1, -0.05) is 23.1 Å². The number of hydrogen-bond donors (Lipinski definition) is 1. The number of benzene rings is 1. The van der Waals surface area contributed by atoms with Crippen molar-refractivity contribution in [3.8, 4) is 6.07 Å². The number of rotatable bonds is 3. The molecule has 0 amide bonds. The van der Waals surface area contributed by atoms with Gasteiger partial charge < -0.3 is 5.73 Å². The first kappa shape index (κ1) is 11.9. The van der Waals surface area contributed by atoms with Gasteiger partial charge in [0.1, 0.15) is 5.01 Å². The molecule has 0 saturated heterocycles. The average Bonchev–Trinajstić information content (AvgIpc) is 2.69. The second-order valence-electron chi connectivity index (χ2n) is 3.38. The fraction of sp³-hybridized carbons (Fsp3) is 0.182. The number of hydrogen-bond acceptors (Lipinski definition) is 6. The normalized spacial score (nSPS) is 10.1. The van der Waals surface area contributed by atoms with E-state index in [-0.39, 0.29) is 0 Å². The van der Waals surface area contributed by atoms with Gasteiger partial charge in [-0.3, -0.25) is 0 Å². The predicted octanol–water partition coefficient (Wildman–Crippen LogP) is 2.65. The van der Waals surface area contributed by atoms with Crippen LogP contribution in [0.4, 0.5) is 5.69 Å². The monoisotopic (exact) mass is 262 g/mol. The predicted molar refractivity (Wildman–Crippen MR) is 68.9 cm³/mol. The van der Waals surface area contributed by atoms with Crippen molar-refractivity contribution in [1.29, 1.82) is 5.26 Å². The van der Waals surface area contributed by atoms with Crippen LogP contribution in [0.1, 0.15) is 10.6 Å². The second kappa shape index (κ2) is 5.17. The standard InChI is InChI=1S/C11H10N4S2/c1-7-14-15-11(16-7)17-9-2-3-10(13)8(6-9)4-5-12/h2-3,6H,4,13H2,1H3. The molecule has 0 aliphatic carbocycles. The number of nitrogens with zero attached hydrogens (tertiary/aromatic N) is 3. The van der Waals surface area contributed by atoms with Gasteiger partial charge in [-0.05, 0) is 30.7 Å². The lowest BCUT2D eigenvalue weighted by atomic mass is 10.1. The molecule has 4 nitrogen and oxygen atoms in total. The average molecular weight is 262 g/mol. The molecule has 17 heavy (non-hydrogen) atoms. The summed E-state index contributed by atoms with van der Waals surface area (Å²) in [4.78, 5) is 1.03. The Kier molecular flexibility index (Phi) is 3.61. The van der Waals surface area contributed by atoms with Crippen LogP contribution in [0.25, 0.3) is 0 Å². The van der Waals surface area contributed by atoms with Crippen LogP contribution in [0.15, 0.2) is 27.4 Å². The maximum absolute atomic E-state index is 8.70. The van der Waals surface area contributed by atoms with E-state index < -0.39 is 0 Å². The summed E-state index contributed by atoms with van der Waals surface area (Å²) in [5.41, 5.74) is 7.30. The third-order valence-corrected chi connectivity index (χ3v) is 3.98. The van der Waals surface area contributed by atoms with Gasteiger partial charge in [0.15, 0.2) is 4.34 Å². The van der Waals surface area contributed by atoms with E-state index in [0.29, 0.717) is 12.1 Å². The summed E-state index contributed by atoms with van der Waals surface area (Å²) < 4.78 is 0.898. The summed E-state index contributed by atoms with van der Waals surface area (Å²) in [6.45, 7) is 1.92. The van der Waals surface area contributed by atoms with E-state index >= 15 is 0 Å². The highest BCUT2D eigenvalue weighted by Crippen LogP contribution is 2.31. The fourth-order valence-corrected chi connectivity index (χ4v) is 3.16. The molecule has 0 spiro atoms. The number of anilines is 1. The smallest absolute Gasteiger partial charge is 0.179 e. The zero-order valence-corrected chi connectivity index (χ0v) is 10.8. The van der Waals surface area contributed by atoms with Gasteiger partial charge in [-0.2, -0.15) is 5.26 Å². The van der Waals surface area contributed by atoms with E-state index in [2.05, 4.69) is 16.3 Å². The van der Waals surface area contributed by atoms with Gasteiger partial charge >= 0.3 is 0 Å². The first-order chi connectivity index (χ1) is 8.19. The van der Waals surface area contributed by atoms with Gasteiger partial charge in [-0.25, -0.2) is 0 Å². The molecule has 0 aliphatic rings. The van der Waals surface area contributed by atoms with E-state index in [1.54, 1.807) is 11.3 Å². The first-order valence-electron chi connectivity index (χ1n) is 4.92. The molecule has 1 aromatic heterocycles. The maximum Gasteiger partial charge on any atom is 0.179 e. The number of nitrogens with two attached hydrogens (primary N) is 1. The molecule has 0 fully saturated rings. The Labute approximate surface area is 107 Å². The summed E-state index contributed by atoms with van der Waals surface area (Å²) in [6, 6.07) is 7.79. The van der Waals surface area contributed by atoms with Crippen molar-refractivity contribution in [3.63, 3.8) is 0 Å². The van der Waals surface area contributed by atoms with Gasteiger partial charge in [0.25, 0.3) is 0 Å². The van der Waals surface area contributed by atoms with Crippen molar-refractivity contribution < 1.29 is 0 Å². The lowest BCUT2D eigenvalue weighted by Crippen LogP contribution is -1.93. The van der Waals surface area contributed by atoms with Crippen molar-refractivity contribution in [2.75, 3.05) is 5.73 Å². The summed E-state index contributed by atoms with van der Waals surface area (Å²) >= 11 is 3.09. The topological polar surface area (TPSA) is 75.6 Å². The number of nitriles is 1. The molecule has 1 heterocycles. The summed E-state index contributed by atoms with van der Waals surface area (Å²) in [6.07, 6.45) is 0.329. The quantitative estimate of drug-likeness (QED) is 0.861. The minimum Gasteiger partial charge on any atom is -0.398 e. The Morgan fingerprint density at radius 2 is 2.29 bits per heavy atom. The Morgan fingerprint density at radius 3 is 2.94 bits per heavy atom. The number of aryl methyl sites for hydroxylation is 1. The third-order valence-electron chi connectivity index (χ3n) is 2.10. The molecule has 0 aliphatic heterocycles. The molecule has 6 heteroatoms. The van der Waals surface area contributed by atoms with Crippen LogP contribution in [0.2, 0.25) is 0 Å². The van der Waals surface area contributed by atoms with Crippen molar-refractivity contribution in [1.82, 2.24) is 10.2 Å². The molecule has 86 valence electrons. The lowest BCUT2D eigenvalue weighted by molar-refractivity contribution is 0.984. The molecule has 2 rings (SSSR count). The Morgan fingerprint density at radius 1 is 1.47 bits per heavy atom. The van der Waals surface area contributed by atoms with Crippen molar-refractivity contribution in [2.24, 2.45) is 0 Å². The molecule has 0 radical (unpaired) electrons. The molecule has 0 bridgehead atoms. The van der Waals surface area contributed by atoms with E-state index in [0.717, 1.165) is 19.8 Å². The van der Waals surface area contributed by atoms with E-state index in [1.165, 1.54) is 11.8 Å². The number of aromatic nitrogens is 2. The minimum absolute atomic E-state index is 0.329. The van der Waals surface area contributed by atoms with E-state index in [1.807, 2.05) is 25.1 Å². The highest BCUT2D eigenvalue weighted by Gasteiger charge is 2.06. The van der Waals surface area contributed by atoms with Crippen molar-refractivity contribution >= 4 is 28.8 Å². The molecule has 2 N–H and O–H groups in total. The Bertz CT molecular complexity index is 571. The highest BCUT2D eigenvalue weighted by atomic mass is 32.2. The summed E-state index contributed by atoms with van der Waals surface area (Å²) in [5, 5.41) is 17.6. The highest BCUT2D eigenvalue weighted by molar-refractivity contribution is 8.01. The molecule has 0 unspecified atom stereocenters. The van der Waals surface area contributed by atoms with Crippen LogP contribution in [0.5, 0.6) is 0 Å². The van der Waals surface area contributed by atoms with Crippen LogP contribution in [0.3, 0.4) is 0 Å². The Balaban J connectivity index is 2.22. The minimum atomic E-state index is 0.329. The SMILES string of the molecule is Cc1nnc(Sc2ccc(N)c(CC#N)c2)s1. The third kappa shape index (κ3) is 2.96. The summed E-state index contributed by atoms with van der Waals surface area (Å²) in [5.74, 6) is 0. The molecular weight excluding hydrogens is 252 g/mol. The van der Waals surface area contributed by atoms with Gasteiger partial charge in [0.2, 0.25) is 0 Å². The van der Waals surface area contributed by atoms with Crippen LogP contribution in [0, 0.1) is 18.3 Å². The zero-order chi connectivity index (χ0) is 12.3. The lowest BCUT2D eigenvalue weighted by Gasteiger charge is -2.03. The molecule has 0 saturated carbocycles. The maximum atomic E-state index is 8.70. The van der Waals surface area contributed by atoms with Crippen LogP contribution < -0.4 is 5.73 Å². The van der Waals surface area contributed by atoms with E-state index in [9.17, 15) is 0 Å². The largest absolute Gasteiger partial charge is 0.398 e. The molecule has 2 aromatic rings. The van der Waals surface area contributed by atoms with Crippen molar-refractivity contribution in [2.45, 2.75) is 22.6 Å². The van der Waals surface area contributed by atoms with Gasteiger partial charge in [0.05, 0.1) is 12.5 Å². The Hall–Kier alpha value is -1.58. The zero-order valence-electron chi connectivity index (χ0n) is 9.17. The number of nitrogen functional groups attached to an aromatic ring is 1. The van der Waals surface area contributed by atoms with Crippen LogP contribution in [-0.2, 0) is 6.42 Å². The summed E-state index contributed by atoms with van der Waals surface area (Å²) in [7, 11) is 0. The van der Waals surface area contributed by atoms with E-state index in [4.69, 9.17) is 11.0 Å². The second-order valence-corrected chi connectivity index (χ2v) is 5.89. The van der Waals surface area contributed by atoms with Crippen molar-refractivity contribution in [3.05, 3.63) is 28.8 Å². The fourth-order valence-electron chi connectivity index (χ4n) is 1.30. The molecule has 0 atom stereocenters. The van der Waals surface area contributed by atoms with Gasteiger partial charge in [-0.15, -0.1) is 10.2 Å². The molecular formula is C11H10N4S2. The van der Waals surface area contributed by atoms with Gasteiger partial charge in [0, 0.05) is 10.6 Å². The molecule has 1 aromatic carbocycles. The first-order valence-corrected chi connectivity index (χ1v) is 6.55. The van der Waals surface area contributed by atoms with Crippen LogP contribution >= 0.6 is 23.1 Å².